The second-order valence-electron chi connectivity index (χ2n) is 13.9. The van der Waals surface area contributed by atoms with Crippen LogP contribution in [0, 0.1) is 50.7 Å². The second-order valence-corrected chi connectivity index (χ2v) is 13.9. The number of fused-ring (bicyclic) bond motifs is 4. The van der Waals surface area contributed by atoms with Crippen LogP contribution in [0.25, 0.3) is 0 Å². The first-order chi connectivity index (χ1) is 14.9. The first-order valence-corrected chi connectivity index (χ1v) is 13.1. The maximum atomic E-state index is 11.9. The lowest BCUT2D eigenvalue weighted by molar-refractivity contribution is -0.183. The highest BCUT2D eigenvalue weighted by molar-refractivity contribution is 5.72. The zero-order chi connectivity index (χ0) is 23.1. The smallest absolute Gasteiger partial charge is 0.332 e. The predicted molar refractivity (Wildman–Crippen MR) is 120 cm³/mol. The highest BCUT2D eigenvalue weighted by Crippen LogP contribution is 2.89. The highest BCUT2D eigenvalue weighted by atomic mass is 16.5. The van der Waals surface area contributed by atoms with Crippen LogP contribution in [0.4, 0.5) is 0 Å². The summed E-state index contributed by atoms with van der Waals surface area (Å²) >= 11 is 0. The summed E-state index contributed by atoms with van der Waals surface area (Å²) in [6.45, 7) is 11.5. The third-order valence-corrected chi connectivity index (χ3v) is 13.1. The van der Waals surface area contributed by atoms with E-state index in [0.29, 0.717) is 23.7 Å². The van der Waals surface area contributed by atoms with Crippen LogP contribution >= 0.6 is 0 Å². The largest absolute Gasteiger partial charge is 0.479 e. The Hall–Kier alpha value is -0.650. The number of hydrogen-bond acceptors (Lipinski definition) is 4. The van der Waals surface area contributed by atoms with Gasteiger partial charge in [-0.1, -0.05) is 34.6 Å². The number of ether oxygens (including phenoxy) is 1. The SMILES string of the molecule is C[C@@H]1CC(C(=O)O)OC2[C@H]1[C@@]1(C)CC[C@@]34C[C@@]35CCC(O)C(C)(C)[C@@H]5CCC4[C@]1(C)[C@H]2O. The van der Waals surface area contributed by atoms with Crippen LogP contribution in [0.1, 0.15) is 86.0 Å². The van der Waals surface area contributed by atoms with Gasteiger partial charge in [-0.2, -0.15) is 0 Å². The first-order valence-electron chi connectivity index (χ1n) is 13.1. The van der Waals surface area contributed by atoms with Crippen LogP contribution in [-0.2, 0) is 9.53 Å². The van der Waals surface area contributed by atoms with Crippen LogP contribution in [0.5, 0.6) is 0 Å². The van der Waals surface area contributed by atoms with E-state index in [-0.39, 0.29) is 45.7 Å². The lowest BCUT2D eigenvalue weighted by atomic mass is 9.41. The van der Waals surface area contributed by atoms with Crippen molar-refractivity contribution < 1.29 is 24.9 Å². The molecule has 180 valence electrons. The number of carboxylic acids is 1. The van der Waals surface area contributed by atoms with Gasteiger partial charge in [0.2, 0.25) is 0 Å². The minimum atomic E-state index is -0.895. The zero-order valence-corrected chi connectivity index (χ0v) is 20.4. The van der Waals surface area contributed by atoms with E-state index in [1.165, 1.54) is 12.8 Å². The number of hydrogen-bond donors (Lipinski definition) is 3. The summed E-state index contributed by atoms with van der Waals surface area (Å²) in [4.78, 5) is 11.8. The van der Waals surface area contributed by atoms with Crippen LogP contribution in [0.3, 0.4) is 0 Å². The Morgan fingerprint density at radius 2 is 1.59 bits per heavy atom. The van der Waals surface area contributed by atoms with Gasteiger partial charge in [0.25, 0.3) is 0 Å². The van der Waals surface area contributed by atoms with Gasteiger partial charge < -0.3 is 20.1 Å². The summed E-state index contributed by atoms with van der Waals surface area (Å²) in [5.74, 6) is 0.575. The fourth-order valence-electron chi connectivity index (χ4n) is 11.4. The highest BCUT2D eigenvalue weighted by Gasteiger charge is 2.84. The van der Waals surface area contributed by atoms with E-state index in [9.17, 15) is 20.1 Å². The third kappa shape index (κ3) is 2.13. The van der Waals surface area contributed by atoms with Crippen molar-refractivity contribution in [2.75, 3.05) is 0 Å². The first kappa shape index (κ1) is 21.9. The van der Waals surface area contributed by atoms with Crippen LogP contribution in [0.15, 0.2) is 0 Å². The van der Waals surface area contributed by atoms with Gasteiger partial charge in [-0.15, -0.1) is 0 Å². The van der Waals surface area contributed by atoms with Crippen LogP contribution < -0.4 is 0 Å². The summed E-state index contributed by atoms with van der Waals surface area (Å²) in [6.07, 6.45) is 6.41. The predicted octanol–water partition coefficient (Wildman–Crippen LogP) is 4.25. The molecule has 0 amide bonds. The number of aliphatic hydroxyl groups excluding tert-OH is 2. The molecular formula is C27H42O5. The van der Waals surface area contributed by atoms with Gasteiger partial charge in [0.1, 0.15) is 0 Å². The van der Waals surface area contributed by atoms with Crippen LogP contribution in [0.2, 0.25) is 0 Å². The van der Waals surface area contributed by atoms with Gasteiger partial charge in [-0.25, -0.2) is 4.79 Å². The van der Waals surface area contributed by atoms with E-state index in [0.717, 1.165) is 32.1 Å². The molecule has 32 heavy (non-hydrogen) atoms. The topological polar surface area (TPSA) is 87.0 Å². The number of carbonyl (C=O) groups is 1. The molecule has 1 saturated heterocycles. The molecule has 1 aliphatic heterocycles. The Bertz CT molecular complexity index is 855. The summed E-state index contributed by atoms with van der Waals surface area (Å²) < 4.78 is 6.17. The molecule has 0 aromatic carbocycles. The Morgan fingerprint density at radius 3 is 2.28 bits per heavy atom. The van der Waals surface area contributed by atoms with Gasteiger partial charge in [-0.05, 0) is 96.7 Å². The van der Waals surface area contributed by atoms with Crippen molar-refractivity contribution in [1.82, 2.24) is 0 Å². The van der Waals surface area contributed by atoms with Gasteiger partial charge in [0.05, 0.1) is 18.3 Å². The van der Waals surface area contributed by atoms with Crippen molar-refractivity contribution in [1.29, 1.82) is 0 Å². The molecule has 3 N–H and O–H groups in total. The summed E-state index contributed by atoms with van der Waals surface area (Å²) in [7, 11) is 0. The molecule has 6 rings (SSSR count). The van der Waals surface area contributed by atoms with Gasteiger partial charge in [0.15, 0.2) is 6.10 Å². The normalized spacial score (nSPS) is 62.1. The quantitative estimate of drug-likeness (QED) is 0.561. The molecule has 1 heterocycles. The van der Waals surface area contributed by atoms with Crippen molar-refractivity contribution in [2.45, 2.75) is 110 Å². The van der Waals surface area contributed by atoms with Gasteiger partial charge in [-0.3, -0.25) is 0 Å². The molecule has 0 aromatic heterocycles. The Kier molecular flexibility index (Phi) is 4.18. The third-order valence-electron chi connectivity index (χ3n) is 13.1. The average molecular weight is 447 g/mol. The minimum absolute atomic E-state index is 0.0315. The Labute approximate surface area is 192 Å². The molecule has 5 saturated carbocycles. The molecular weight excluding hydrogens is 404 g/mol. The number of carboxylic acid groups (broad SMARTS) is 1. The number of rotatable bonds is 1. The standard InChI is InChI=1S/C27H42O5/c1-14-12-15(22(30)31)32-20-19(14)24(4)10-11-27-13-26(27)9-8-18(28)23(2,3)16(26)6-7-17(27)25(24,5)21(20)29/h14-21,28-29H,6-13H2,1-5H3,(H,30,31)/t14-,15?,16+,17?,18?,19+,20?,21+,24-,25-,26-,27+/m1/s1. The minimum Gasteiger partial charge on any atom is -0.479 e. The average Bonchev–Trinajstić information content (AvgIpc) is 3.36. The molecule has 0 bridgehead atoms. The summed E-state index contributed by atoms with van der Waals surface area (Å²) in [5.41, 5.74) is 0.286. The Balaban J connectivity index is 1.40. The van der Waals surface area contributed by atoms with E-state index in [1.807, 2.05) is 0 Å². The summed E-state index contributed by atoms with van der Waals surface area (Å²) in [6, 6.07) is 0. The molecule has 5 nitrogen and oxygen atoms in total. The summed E-state index contributed by atoms with van der Waals surface area (Å²) in [5, 5.41) is 32.4. The van der Waals surface area contributed by atoms with Crippen molar-refractivity contribution in [3.63, 3.8) is 0 Å². The van der Waals surface area contributed by atoms with Crippen molar-refractivity contribution in [3.8, 4) is 0 Å². The van der Waals surface area contributed by atoms with Gasteiger partial charge in [0, 0.05) is 5.41 Å². The van der Waals surface area contributed by atoms with E-state index in [1.54, 1.807) is 0 Å². The van der Waals surface area contributed by atoms with Gasteiger partial charge >= 0.3 is 5.97 Å². The van der Waals surface area contributed by atoms with E-state index >= 15 is 0 Å². The molecule has 4 unspecified atom stereocenters. The Morgan fingerprint density at radius 1 is 0.938 bits per heavy atom. The molecule has 6 aliphatic rings. The molecule has 12 atom stereocenters. The van der Waals surface area contributed by atoms with Crippen molar-refractivity contribution in [2.24, 2.45) is 50.7 Å². The van der Waals surface area contributed by atoms with Crippen LogP contribution in [-0.4, -0.2) is 45.7 Å². The second kappa shape index (κ2) is 6.12. The fraction of sp³-hybridized carbons (Fsp3) is 0.963. The lowest BCUT2D eigenvalue weighted by Gasteiger charge is -2.63. The molecule has 0 aromatic rings. The monoisotopic (exact) mass is 446 g/mol. The zero-order valence-electron chi connectivity index (χ0n) is 20.4. The number of aliphatic hydroxyl groups is 2. The maximum Gasteiger partial charge on any atom is 0.332 e. The molecule has 5 aliphatic carbocycles. The van der Waals surface area contributed by atoms with Crippen molar-refractivity contribution in [3.05, 3.63) is 0 Å². The van der Waals surface area contributed by atoms with Crippen molar-refractivity contribution >= 4 is 5.97 Å². The molecule has 6 fully saturated rings. The molecule has 5 heteroatoms. The van der Waals surface area contributed by atoms with E-state index < -0.39 is 18.2 Å². The fourth-order valence-corrected chi connectivity index (χ4v) is 11.4. The van der Waals surface area contributed by atoms with E-state index in [4.69, 9.17) is 4.74 Å². The lowest BCUT2D eigenvalue weighted by Crippen LogP contribution is -2.59. The molecule has 2 spiro atoms. The maximum absolute atomic E-state index is 11.9. The molecule has 0 radical (unpaired) electrons. The number of aliphatic carboxylic acids is 1. The van der Waals surface area contributed by atoms with E-state index in [2.05, 4.69) is 34.6 Å².